The van der Waals surface area contributed by atoms with Gasteiger partial charge in [-0.15, -0.1) is 11.3 Å². The fraction of sp³-hybridized carbons (Fsp3) is 0.250. The standard InChI is InChI=1S/C24H26N6O3S/c1-14(17(10-31)11-32)33-21-6-15(16(8-25)9-26-2)5-20-23(21)24(28-12-27-20)30-18-3-4-19-22(7-18)34-13-29-19/h3-9,12-14,17,31-32H,10-11,25H2,1-2H3,(H,27,28,30)/t14-/m1/s1. The number of anilines is 2. The highest BCUT2D eigenvalue weighted by molar-refractivity contribution is 7.16. The minimum absolute atomic E-state index is 0.206. The van der Waals surface area contributed by atoms with Crippen LogP contribution in [0.4, 0.5) is 11.5 Å². The Morgan fingerprint density at radius 1 is 1.18 bits per heavy atom. The molecule has 2 aromatic carbocycles. The molecule has 0 saturated carbocycles. The average molecular weight is 479 g/mol. The van der Waals surface area contributed by atoms with E-state index < -0.39 is 12.0 Å². The van der Waals surface area contributed by atoms with Crippen LogP contribution >= 0.6 is 11.3 Å². The quantitative estimate of drug-likeness (QED) is 0.269. The Hall–Kier alpha value is -3.60. The van der Waals surface area contributed by atoms with Crippen LogP contribution in [0.25, 0.3) is 26.7 Å². The van der Waals surface area contributed by atoms with Crippen molar-refractivity contribution < 1.29 is 14.9 Å². The van der Waals surface area contributed by atoms with Gasteiger partial charge in [0.15, 0.2) is 0 Å². The molecule has 5 N–H and O–H groups in total. The summed E-state index contributed by atoms with van der Waals surface area (Å²) < 4.78 is 7.32. The second-order valence-corrected chi connectivity index (χ2v) is 8.59. The van der Waals surface area contributed by atoms with E-state index in [1.807, 2.05) is 35.8 Å². The molecule has 0 unspecified atom stereocenters. The van der Waals surface area contributed by atoms with Crippen LogP contribution in [0.1, 0.15) is 12.5 Å². The lowest BCUT2D eigenvalue weighted by Gasteiger charge is -2.23. The highest BCUT2D eigenvalue weighted by atomic mass is 32.1. The smallest absolute Gasteiger partial charge is 0.145 e. The summed E-state index contributed by atoms with van der Waals surface area (Å²) in [6, 6.07) is 9.63. The molecule has 1 atom stereocenters. The van der Waals surface area contributed by atoms with E-state index in [0.29, 0.717) is 28.0 Å². The van der Waals surface area contributed by atoms with Crippen LogP contribution in [0.2, 0.25) is 0 Å². The number of aliphatic hydroxyl groups is 2. The van der Waals surface area contributed by atoms with Crippen molar-refractivity contribution >= 4 is 55.7 Å². The van der Waals surface area contributed by atoms with E-state index in [2.05, 4.69) is 25.3 Å². The summed E-state index contributed by atoms with van der Waals surface area (Å²) >= 11 is 1.56. The van der Waals surface area contributed by atoms with Crippen LogP contribution in [0.15, 0.2) is 53.4 Å². The van der Waals surface area contributed by atoms with Crippen molar-refractivity contribution in [2.75, 3.05) is 25.6 Å². The van der Waals surface area contributed by atoms with Gasteiger partial charge in [-0.25, -0.2) is 15.0 Å². The number of aliphatic hydroxyl groups excluding tert-OH is 2. The number of hydrogen-bond acceptors (Lipinski definition) is 10. The fourth-order valence-corrected chi connectivity index (χ4v) is 4.30. The molecule has 0 spiro atoms. The van der Waals surface area contributed by atoms with Crippen molar-refractivity contribution in [1.29, 1.82) is 0 Å². The molecule has 0 saturated heterocycles. The number of nitrogens with two attached hydrogens (primary N) is 1. The third-order valence-corrected chi connectivity index (χ3v) is 6.31. The number of rotatable bonds is 9. The molecule has 4 rings (SSSR count). The Morgan fingerprint density at radius 2 is 2.00 bits per heavy atom. The maximum Gasteiger partial charge on any atom is 0.145 e. The lowest BCUT2D eigenvalue weighted by molar-refractivity contribution is 0.0580. The van der Waals surface area contributed by atoms with Gasteiger partial charge in [-0.05, 0) is 42.8 Å². The molecule has 0 fully saturated rings. The maximum atomic E-state index is 9.63. The SMILES string of the molecule is CN=CC(=CN)c1cc(O[C@H](C)C(CO)CO)c2c(Nc3ccc4ncsc4c3)ncnc2c1. The molecule has 10 heteroatoms. The first-order chi connectivity index (χ1) is 16.6. The second kappa shape index (κ2) is 10.6. The number of aliphatic imine (C=N–C) groups is 1. The zero-order chi connectivity index (χ0) is 24.1. The summed E-state index contributed by atoms with van der Waals surface area (Å²) in [6.45, 7) is 1.39. The monoisotopic (exact) mass is 478 g/mol. The number of thiazole rings is 1. The predicted octanol–water partition coefficient (Wildman–Crippen LogP) is 3.35. The Balaban J connectivity index is 1.84. The number of allylic oxidation sites excluding steroid dienone is 1. The zero-order valence-corrected chi connectivity index (χ0v) is 19.7. The molecule has 2 aromatic heterocycles. The Bertz CT molecular complexity index is 1350. The summed E-state index contributed by atoms with van der Waals surface area (Å²) in [5, 5.41) is 23.3. The summed E-state index contributed by atoms with van der Waals surface area (Å²) in [5.41, 5.74) is 11.5. The van der Waals surface area contributed by atoms with Gasteiger partial charge in [0.25, 0.3) is 0 Å². The van der Waals surface area contributed by atoms with Gasteiger partial charge in [-0.2, -0.15) is 0 Å². The second-order valence-electron chi connectivity index (χ2n) is 7.71. The molecule has 0 aliphatic heterocycles. The maximum absolute atomic E-state index is 9.63. The largest absolute Gasteiger partial charge is 0.489 e. The van der Waals surface area contributed by atoms with Gasteiger partial charge in [0.2, 0.25) is 0 Å². The summed E-state index contributed by atoms with van der Waals surface area (Å²) in [5.74, 6) is 0.613. The Labute approximate surface area is 200 Å². The first-order valence-corrected chi connectivity index (χ1v) is 11.6. The van der Waals surface area contributed by atoms with Crippen molar-refractivity contribution in [3.8, 4) is 5.75 Å². The number of nitrogens with one attached hydrogen (secondary N) is 1. The van der Waals surface area contributed by atoms with Gasteiger partial charge in [0, 0.05) is 36.6 Å². The number of benzene rings is 2. The van der Waals surface area contributed by atoms with Crippen LogP contribution in [-0.4, -0.2) is 57.7 Å². The van der Waals surface area contributed by atoms with Crippen molar-refractivity contribution in [3.05, 3.63) is 53.9 Å². The first-order valence-electron chi connectivity index (χ1n) is 10.7. The van der Waals surface area contributed by atoms with E-state index in [1.54, 1.807) is 31.5 Å². The molecule has 0 amide bonds. The Morgan fingerprint density at radius 3 is 2.74 bits per heavy atom. The van der Waals surface area contributed by atoms with Crippen LogP contribution in [0.3, 0.4) is 0 Å². The summed E-state index contributed by atoms with van der Waals surface area (Å²) in [6.07, 6.45) is 4.14. The van der Waals surface area contributed by atoms with Gasteiger partial charge >= 0.3 is 0 Å². The number of hydrogen-bond donors (Lipinski definition) is 4. The molecular formula is C24H26N6O3S. The molecular weight excluding hydrogens is 452 g/mol. The highest BCUT2D eigenvalue weighted by Gasteiger charge is 2.21. The van der Waals surface area contributed by atoms with E-state index in [4.69, 9.17) is 10.5 Å². The number of ether oxygens (including phenoxy) is 1. The first kappa shape index (κ1) is 23.6. The van der Waals surface area contributed by atoms with Crippen molar-refractivity contribution in [2.45, 2.75) is 13.0 Å². The van der Waals surface area contributed by atoms with Gasteiger partial charge in [-0.3, -0.25) is 4.99 Å². The minimum Gasteiger partial charge on any atom is -0.489 e. The van der Waals surface area contributed by atoms with E-state index >= 15 is 0 Å². The van der Waals surface area contributed by atoms with Gasteiger partial charge in [-0.1, -0.05) is 0 Å². The van der Waals surface area contributed by atoms with Crippen LogP contribution < -0.4 is 15.8 Å². The molecule has 4 aromatic rings. The molecule has 176 valence electrons. The van der Waals surface area contributed by atoms with Crippen LogP contribution in [0, 0.1) is 5.92 Å². The predicted molar refractivity (Wildman–Crippen MR) is 137 cm³/mol. The van der Waals surface area contributed by atoms with E-state index in [9.17, 15) is 10.2 Å². The zero-order valence-electron chi connectivity index (χ0n) is 18.8. The van der Waals surface area contributed by atoms with Crippen LogP contribution in [0.5, 0.6) is 5.75 Å². The molecule has 0 radical (unpaired) electrons. The van der Waals surface area contributed by atoms with E-state index in [-0.39, 0.29) is 13.2 Å². The van der Waals surface area contributed by atoms with Crippen molar-refractivity contribution in [1.82, 2.24) is 15.0 Å². The van der Waals surface area contributed by atoms with Crippen LogP contribution in [-0.2, 0) is 0 Å². The highest BCUT2D eigenvalue weighted by Crippen LogP contribution is 2.36. The topological polar surface area (TPSA) is 139 Å². The lowest BCUT2D eigenvalue weighted by Crippen LogP contribution is -2.29. The van der Waals surface area contributed by atoms with Gasteiger partial charge < -0.3 is 26.0 Å². The van der Waals surface area contributed by atoms with E-state index in [0.717, 1.165) is 21.5 Å². The van der Waals surface area contributed by atoms with Gasteiger partial charge in [0.05, 0.1) is 39.8 Å². The fourth-order valence-electron chi connectivity index (χ4n) is 3.58. The molecule has 0 aliphatic rings. The van der Waals surface area contributed by atoms with Crippen molar-refractivity contribution in [3.63, 3.8) is 0 Å². The van der Waals surface area contributed by atoms with E-state index in [1.165, 1.54) is 12.5 Å². The minimum atomic E-state index is -0.472. The molecule has 0 aliphatic carbocycles. The number of nitrogens with zero attached hydrogens (tertiary/aromatic N) is 4. The normalized spacial score (nSPS) is 13.3. The number of fused-ring (bicyclic) bond motifs is 2. The van der Waals surface area contributed by atoms with Gasteiger partial charge in [0.1, 0.15) is 24.0 Å². The molecule has 9 nitrogen and oxygen atoms in total. The summed E-state index contributed by atoms with van der Waals surface area (Å²) in [7, 11) is 1.67. The molecule has 0 bridgehead atoms. The summed E-state index contributed by atoms with van der Waals surface area (Å²) in [4.78, 5) is 17.3. The average Bonchev–Trinajstić information content (AvgIpc) is 3.31. The number of aromatic nitrogens is 3. The van der Waals surface area contributed by atoms with Crippen molar-refractivity contribution in [2.24, 2.45) is 16.6 Å². The third-order valence-electron chi connectivity index (χ3n) is 5.52. The third kappa shape index (κ3) is 4.84. The molecule has 34 heavy (non-hydrogen) atoms. The lowest BCUT2D eigenvalue weighted by atomic mass is 10.0. The molecule has 2 heterocycles. The Kier molecular flexibility index (Phi) is 7.31.